The zero-order valence-electron chi connectivity index (χ0n) is 11.2. The zero-order valence-corrected chi connectivity index (χ0v) is 12.0. The molecule has 0 saturated heterocycles. The minimum absolute atomic E-state index is 0.325. The molecular formula is C15H18N2O2S. The molecule has 1 aliphatic rings. The van der Waals surface area contributed by atoms with Crippen molar-refractivity contribution in [3.05, 3.63) is 36.4 Å². The fourth-order valence-electron chi connectivity index (χ4n) is 2.39. The molecule has 0 heterocycles. The van der Waals surface area contributed by atoms with Gasteiger partial charge in [-0.1, -0.05) is 31.0 Å². The number of benzene rings is 2. The minimum Gasteiger partial charge on any atom is -0.399 e. The third kappa shape index (κ3) is 2.78. The van der Waals surface area contributed by atoms with Gasteiger partial charge in [-0.15, -0.1) is 0 Å². The average Bonchev–Trinajstić information content (AvgIpc) is 3.21. The van der Waals surface area contributed by atoms with Crippen LogP contribution in [0.15, 0.2) is 41.3 Å². The predicted octanol–water partition coefficient (Wildman–Crippen LogP) is 2.50. The van der Waals surface area contributed by atoms with Gasteiger partial charge in [-0.25, -0.2) is 13.1 Å². The van der Waals surface area contributed by atoms with Crippen LogP contribution >= 0.6 is 0 Å². The maximum absolute atomic E-state index is 12.4. The van der Waals surface area contributed by atoms with Gasteiger partial charge in [0.1, 0.15) is 0 Å². The lowest BCUT2D eigenvalue weighted by atomic mass is 10.1. The lowest BCUT2D eigenvalue weighted by Gasteiger charge is -2.09. The van der Waals surface area contributed by atoms with Gasteiger partial charge in [0, 0.05) is 17.6 Å². The van der Waals surface area contributed by atoms with E-state index in [1.807, 2.05) is 6.07 Å². The molecule has 4 nitrogen and oxygen atoms in total. The molecule has 2 aromatic carbocycles. The van der Waals surface area contributed by atoms with Crippen molar-refractivity contribution in [2.24, 2.45) is 5.92 Å². The standard InChI is InChI=1S/C15H18N2O2S/c16-13-6-7-14-12(10-13)2-1-3-15(14)20(18,19)17-9-8-11-4-5-11/h1-3,6-7,10-11,17H,4-5,8-9,16H2. The molecule has 0 aliphatic heterocycles. The van der Waals surface area contributed by atoms with Crippen molar-refractivity contribution in [2.45, 2.75) is 24.2 Å². The number of sulfonamides is 1. The number of nitrogens with one attached hydrogen (secondary N) is 1. The van der Waals surface area contributed by atoms with Crippen LogP contribution in [0.3, 0.4) is 0 Å². The molecule has 0 bridgehead atoms. The third-order valence-corrected chi connectivity index (χ3v) is 5.21. The minimum atomic E-state index is -3.46. The smallest absolute Gasteiger partial charge is 0.241 e. The topological polar surface area (TPSA) is 72.2 Å². The normalized spacial score (nSPS) is 15.6. The third-order valence-electron chi connectivity index (χ3n) is 3.70. The van der Waals surface area contributed by atoms with Crippen LogP contribution in [-0.2, 0) is 10.0 Å². The summed E-state index contributed by atoms with van der Waals surface area (Å²) in [6, 6.07) is 10.5. The van der Waals surface area contributed by atoms with Crippen molar-refractivity contribution >= 4 is 26.5 Å². The van der Waals surface area contributed by atoms with Gasteiger partial charge in [0.05, 0.1) is 4.90 Å². The summed E-state index contributed by atoms with van der Waals surface area (Å²) in [7, 11) is -3.46. The Bertz CT molecular complexity index is 737. The van der Waals surface area contributed by atoms with Crippen LogP contribution < -0.4 is 10.5 Å². The summed E-state index contributed by atoms with van der Waals surface area (Å²) in [5.41, 5.74) is 6.37. The van der Waals surface area contributed by atoms with Crippen LogP contribution in [0.4, 0.5) is 5.69 Å². The van der Waals surface area contributed by atoms with E-state index in [2.05, 4.69) is 4.72 Å². The van der Waals surface area contributed by atoms with Crippen molar-refractivity contribution < 1.29 is 8.42 Å². The molecule has 20 heavy (non-hydrogen) atoms. The van der Waals surface area contributed by atoms with E-state index in [0.29, 0.717) is 28.4 Å². The lowest BCUT2D eigenvalue weighted by Crippen LogP contribution is -2.25. The summed E-state index contributed by atoms with van der Waals surface area (Å²) in [6.45, 7) is 0.512. The lowest BCUT2D eigenvalue weighted by molar-refractivity contribution is 0.576. The van der Waals surface area contributed by atoms with Crippen molar-refractivity contribution in [2.75, 3.05) is 12.3 Å². The highest BCUT2D eigenvalue weighted by atomic mass is 32.2. The van der Waals surface area contributed by atoms with Crippen LogP contribution in [-0.4, -0.2) is 15.0 Å². The van der Waals surface area contributed by atoms with E-state index in [1.54, 1.807) is 30.3 Å². The highest BCUT2D eigenvalue weighted by molar-refractivity contribution is 7.89. The number of fused-ring (bicyclic) bond motifs is 1. The number of hydrogen-bond acceptors (Lipinski definition) is 3. The Kier molecular flexibility index (Phi) is 3.40. The monoisotopic (exact) mass is 290 g/mol. The largest absolute Gasteiger partial charge is 0.399 e. The van der Waals surface area contributed by atoms with Gasteiger partial charge in [-0.3, -0.25) is 0 Å². The fraction of sp³-hybridized carbons (Fsp3) is 0.333. The summed E-state index contributed by atoms with van der Waals surface area (Å²) in [5, 5.41) is 1.55. The second kappa shape index (κ2) is 5.07. The van der Waals surface area contributed by atoms with Crippen LogP contribution in [0, 0.1) is 5.92 Å². The van der Waals surface area contributed by atoms with Gasteiger partial charge in [-0.05, 0) is 35.9 Å². The first-order valence-electron chi connectivity index (χ1n) is 6.84. The van der Waals surface area contributed by atoms with E-state index in [9.17, 15) is 8.42 Å². The number of rotatable bonds is 5. The quantitative estimate of drug-likeness (QED) is 0.831. The Morgan fingerprint density at radius 3 is 2.75 bits per heavy atom. The number of anilines is 1. The fourth-order valence-corrected chi connectivity index (χ4v) is 3.66. The van der Waals surface area contributed by atoms with Gasteiger partial charge in [-0.2, -0.15) is 0 Å². The van der Waals surface area contributed by atoms with Gasteiger partial charge in [0.25, 0.3) is 0 Å². The first-order valence-corrected chi connectivity index (χ1v) is 8.32. The molecule has 1 saturated carbocycles. The summed E-state index contributed by atoms with van der Waals surface area (Å²) in [4.78, 5) is 0.325. The summed E-state index contributed by atoms with van der Waals surface area (Å²) in [5.74, 6) is 0.713. The number of nitrogens with two attached hydrogens (primary N) is 1. The molecule has 0 atom stereocenters. The number of hydrogen-bond donors (Lipinski definition) is 2. The Labute approximate surface area is 119 Å². The van der Waals surface area contributed by atoms with Crippen molar-refractivity contribution in [1.29, 1.82) is 0 Å². The van der Waals surface area contributed by atoms with Gasteiger partial charge < -0.3 is 5.73 Å². The Balaban J connectivity index is 1.91. The van der Waals surface area contributed by atoms with Crippen LogP contribution in [0.2, 0.25) is 0 Å². The summed E-state index contributed by atoms with van der Waals surface area (Å²) in [6.07, 6.45) is 3.39. The van der Waals surface area contributed by atoms with Crippen molar-refractivity contribution in [3.8, 4) is 0 Å². The second-order valence-electron chi connectivity index (χ2n) is 5.37. The van der Waals surface area contributed by atoms with E-state index >= 15 is 0 Å². The van der Waals surface area contributed by atoms with E-state index in [0.717, 1.165) is 11.8 Å². The maximum Gasteiger partial charge on any atom is 0.241 e. The molecule has 1 aliphatic carbocycles. The molecular weight excluding hydrogens is 272 g/mol. The molecule has 0 unspecified atom stereocenters. The van der Waals surface area contributed by atoms with Crippen LogP contribution in [0.25, 0.3) is 10.8 Å². The highest BCUT2D eigenvalue weighted by Crippen LogP contribution is 2.32. The Morgan fingerprint density at radius 1 is 1.20 bits per heavy atom. The predicted molar refractivity (Wildman–Crippen MR) is 80.9 cm³/mol. The summed E-state index contributed by atoms with van der Waals surface area (Å²) >= 11 is 0. The molecule has 3 rings (SSSR count). The van der Waals surface area contributed by atoms with Crippen molar-refractivity contribution in [3.63, 3.8) is 0 Å². The SMILES string of the molecule is Nc1ccc2c(S(=O)(=O)NCCC3CC3)cccc2c1. The van der Waals surface area contributed by atoms with E-state index in [-0.39, 0.29) is 0 Å². The number of nitrogen functional groups attached to an aromatic ring is 1. The van der Waals surface area contributed by atoms with Gasteiger partial charge in [0.2, 0.25) is 10.0 Å². The maximum atomic E-state index is 12.4. The molecule has 106 valence electrons. The Morgan fingerprint density at radius 2 is 2.00 bits per heavy atom. The molecule has 0 spiro atoms. The molecule has 3 N–H and O–H groups in total. The highest BCUT2D eigenvalue weighted by Gasteiger charge is 2.22. The van der Waals surface area contributed by atoms with Crippen LogP contribution in [0.5, 0.6) is 0 Å². The van der Waals surface area contributed by atoms with Gasteiger partial charge >= 0.3 is 0 Å². The Hall–Kier alpha value is -1.59. The zero-order chi connectivity index (χ0) is 14.2. The molecule has 0 aromatic heterocycles. The van der Waals surface area contributed by atoms with Crippen molar-refractivity contribution in [1.82, 2.24) is 4.72 Å². The molecule has 0 radical (unpaired) electrons. The van der Waals surface area contributed by atoms with Gasteiger partial charge in [0.15, 0.2) is 0 Å². The van der Waals surface area contributed by atoms with E-state index < -0.39 is 10.0 Å². The first-order chi connectivity index (χ1) is 9.56. The average molecular weight is 290 g/mol. The first kappa shape index (κ1) is 13.4. The molecule has 5 heteroatoms. The molecule has 2 aromatic rings. The summed E-state index contributed by atoms with van der Waals surface area (Å²) < 4.78 is 27.5. The molecule has 1 fully saturated rings. The molecule has 0 amide bonds. The van der Waals surface area contributed by atoms with E-state index in [4.69, 9.17) is 5.73 Å². The van der Waals surface area contributed by atoms with Crippen LogP contribution in [0.1, 0.15) is 19.3 Å². The second-order valence-corrected chi connectivity index (χ2v) is 7.10. The van der Waals surface area contributed by atoms with E-state index in [1.165, 1.54) is 12.8 Å².